The van der Waals surface area contributed by atoms with Gasteiger partial charge in [-0.05, 0) is 44.9 Å². The molecule has 0 saturated carbocycles. The highest BCUT2D eigenvalue weighted by atomic mass is 35.5. The summed E-state index contributed by atoms with van der Waals surface area (Å²) in [5, 5.41) is 0.721. The van der Waals surface area contributed by atoms with Crippen LogP contribution in [0, 0.1) is 0 Å². The van der Waals surface area contributed by atoms with E-state index in [0.717, 1.165) is 17.0 Å². The van der Waals surface area contributed by atoms with Gasteiger partial charge in [0.2, 0.25) is 0 Å². The third kappa shape index (κ3) is 4.12. The van der Waals surface area contributed by atoms with Gasteiger partial charge in [0.05, 0.1) is 6.10 Å². The monoisotopic (exact) mass is 241 g/mol. The van der Waals surface area contributed by atoms with Crippen molar-refractivity contribution in [3.8, 4) is 0 Å². The Morgan fingerprint density at radius 1 is 1.44 bits per heavy atom. The molecule has 0 fully saturated rings. The van der Waals surface area contributed by atoms with Crippen LogP contribution >= 0.6 is 11.6 Å². The van der Waals surface area contributed by atoms with E-state index in [9.17, 15) is 0 Å². The van der Waals surface area contributed by atoms with E-state index in [1.165, 1.54) is 0 Å². The standard InChI is InChI=1S/C13H20ClNO/c1-10(2)16-8-7-13(3,15)11-5-4-6-12(14)9-11/h4-6,9-10H,7-8,15H2,1-3H3. The second kappa shape index (κ2) is 5.67. The van der Waals surface area contributed by atoms with Gasteiger partial charge in [-0.25, -0.2) is 0 Å². The Morgan fingerprint density at radius 3 is 2.69 bits per heavy atom. The Labute approximate surface area is 103 Å². The Balaban J connectivity index is 2.62. The van der Waals surface area contributed by atoms with Crippen LogP contribution in [0.5, 0.6) is 0 Å². The molecule has 0 aliphatic heterocycles. The van der Waals surface area contributed by atoms with Gasteiger partial charge in [0, 0.05) is 17.2 Å². The Bertz CT molecular complexity index is 336. The van der Waals surface area contributed by atoms with Crippen LogP contribution in [0.1, 0.15) is 32.8 Å². The third-order valence-corrected chi connectivity index (χ3v) is 2.79. The molecule has 0 aliphatic carbocycles. The summed E-state index contributed by atoms with van der Waals surface area (Å²) in [6.07, 6.45) is 1.03. The summed E-state index contributed by atoms with van der Waals surface area (Å²) in [4.78, 5) is 0. The molecule has 0 radical (unpaired) electrons. The molecule has 16 heavy (non-hydrogen) atoms. The van der Waals surface area contributed by atoms with Crippen LogP contribution in [-0.4, -0.2) is 12.7 Å². The minimum Gasteiger partial charge on any atom is -0.379 e. The van der Waals surface area contributed by atoms with E-state index < -0.39 is 0 Å². The van der Waals surface area contributed by atoms with Crippen molar-refractivity contribution in [1.29, 1.82) is 0 Å². The van der Waals surface area contributed by atoms with Gasteiger partial charge in [0.25, 0.3) is 0 Å². The van der Waals surface area contributed by atoms with Crippen molar-refractivity contribution in [2.24, 2.45) is 5.73 Å². The number of benzene rings is 1. The third-order valence-electron chi connectivity index (χ3n) is 2.56. The van der Waals surface area contributed by atoms with Crippen LogP contribution in [0.3, 0.4) is 0 Å². The summed E-state index contributed by atoms with van der Waals surface area (Å²) in [5.74, 6) is 0. The predicted molar refractivity (Wildman–Crippen MR) is 68.7 cm³/mol. The summed E-state index contributed by atoms with van der Waals surface area (Å²) < 4.78 is 5.52. The molecule has 2 nitrogen and oxygen atoms in total. The molecule has 1 aromatic carbocycles. The van der Waals surface area contributed by atoms with Crippen molar-refractivity contribution in [1.82, 2.24) is 0 Å². The molecule has 1 rings (SSSR count). The highest BCUT2D eigenvalue weighted by molar-refractivity contribution is 6.30. The lowest BCUT2D eigenvalue weighted by molar-refractivity contribution is 0.0660. The summed E-state index contributed by atoms with van der Waals surface area (Å²) in [5.41, 5.74) is 6.91. The van der Waals surface area contributed by atoms with Crippen LogP contribution in [0.15, 0.2) is 24.3 Å². The largest absolute Gasteiger partial charge is 0.379 e. The van der Waals surface area contributed by atoms with Gasteiger partial charge < -0.3 is 10.5 Å². The number of rotatable bonds is 5. The molecule has 0 spiro atoms. The zero-order valence-corrected chi connectivity index (χ0v) is 10.9. The predicted octanol–water partition coefficient (Wildman–Crippen LogP) is 3.33. The maximum Gasteiger partial charge on any atom is 0.0518 e. The zero-order chi connectivity index (χ0) is 12.2. The molecular weight excluding hydrogens is 222 g/mol. The number of nitrogens with two attached hydrogens (primary N) is 1. The molecule has 1 unspecified atom stereocenters. The van der Waals surface area contributed by atoms with Crippen molar-refractivity contribution >= 4 is 11.6 Å². The molecule has 0 heterocycles. The van der Waals surface area contributed by atoms with E-state index in [0.29, 0.717) is 6.61 Å². The van der Waals surface area contributed by atoms with Crippen molar-refractivity contribution in [3.05, 3.63) is 34.9 Å². The van der Waals surface area contributed by atoms with E-state index in [1.807, 2.05) is 45.0 Å². The zero-order valence-electron chi connectivity index (χ0n) is 10.2. The minimum atomic E-state index is -0.389. The van der Waals surface area contributed by atoms with E-state index in [-0.39, 0.29) is 11.6 Å². The van der Waals surface area contributed by atoms with Crippen LogP contribution in [0.4, 0.5) is 0 Å². The van der Waals surface area contributed by atoms with Crippen molar-refractivity contribution in [2.75, 3.05) is 6.61 Å². The number of hydrogen-bond acceptors (Lipinski definition) is 2. The fraction of sp³-hybridized carbons (Fsp3) is 0.538. The highest BCUT2D eigenvalue weighted by Gasteiger charge is 2.21. The average molecular weight is 242 g/mol. The first-order chi connectivity index (χ1) is 7.42. The molecule has 3 heteroatoms. The second-order valence-corrected chi connectivity index (χ2v) is 5.03. The topological polar surface area (TPSA) is 35.2 Å². The quantitative estimate of drug-likeness (QED) is 0.858. The van der Waals surface area contributed by atoms with Gasteiger partial charge in [0.1, 0.15) is 0 Å². The summed E-state index contributed by atoms with van der Waals surface area (Å²) in [6.45, 7) is 6.71. The lowest BCUT2D eigenvalue weighted by Crippen LogP contribution is -2.34. The van der Waals surface area contributed by atoms with Gasteiger partial charge >= 0.3 is 0 Å². The molecule has 90 valence electrons. The summed E-state index contributed by atoms with van der Waals surface area (Å²) >= 11 is 5.95. The normalized spacial score (nSPS) is 15.1. The van der Waals surface area contributed by atoms with Crippen LogP contribution in [0.2, 0.25) is 5.02 Å². The lowest BCUT2D eigenvalue weighted by atomic mass is 9.90. The maximum absolute atomic E-state index is 6.25. The molecule has 0 amide bonds. The molecule has 2 N–H and O–H groups in total. The lowest BCUT2D eigenvalue weighted by Gasteiger charge is -2.25. The Morgan fingerprint density at radius 2 is 2.12 bits per heavy atom. The molecule has 0 aromatic heterocycles. The smallest absolute Gasteiger partial charge is 0.0518 e. The van der Waals surface area contributed by atoms with Gasteiger partial charge in [-0.1, -0.05) is 23.7 Å². The number of ether oxygens (including phenoxy) is 1. The van der Waals surface area contributed by atoms with Crippen LogP contribution in [-0.2, 0) is 10.3 Å². The van der Waals surface area contributed by atoms with Crippen molar-refractivity contribution < 1.29 is 4.74 Å². The average Bonchev–Trinajstić information content (AvgIpc) is 2.16. The first-order valence-electron chi connectivity index (χ1n) is 5.58. The summed E-state index contributed by atoms with van der Waals surface area (Å²) in [7, 11) is 0. The van der Waals surface area contributed by atoms with Crippen molar-refractivity contribution in [3.63, 3.8) is 0 Å². The SMILES string of the molecule is CC(C)OCCC(C)(N)c1cccc(Cl)c1. The first-order valence-corrected chi connectivity index (χ1v) is 5.96. The number of halogens is 1. The molecular formula is C13H20ClNO. The van der Waals surface area contributed by atoms with Crippen molar-refractivity contribution in [2.45, 2.75) is 38.8 Å². The fourth-order valence-electron chi connectivity index (χ4n) is 1.49. The van der Waals surface area contributed by atoms with E-state index in [2.05, 4.69) is 0 Å². The van der Waals surface area contributed by atoms with Gasteiger partial charge in [-0.3, -0.25) is 0 Å². The Kier molecular flexibility index (Phi) is 4.78. The summed E-state index contributed by atoms with van der Waals surface area (Å²) in [6, 6.07) is 7.69. The molecule has 1 aromatic rings. The van der Waals surface area contributed by atoms with E-state index in [1.54, 1.807) is 0 Å². The molecule has 0 saturated heterocycles. The molecule has 0 aliphatic rings. The van der Waals surface area contributed by atoms with E-state index >= 15 is 0 Å². The Hall–Kier alpha value is -0.570. The van der Waals surface area contributed by atoms with E-state index in [4.69, 9.17) is 22.1 Å². The highest BCUT2D eigenvalue weighted by Crippen LogP contribution is 2.24. The van der Waals surface area contributed by atoms with Crippen LogP contribution in [0.25, 0.3) is 0 Å². The van der Waals surface area contributed by atoms with Gasteiger partial charge in [-0.15, -0.1) is 0 Å². The maximum atomic E-state index is 6.25. The second-order valence-electron chi connectivity index (χ2n) is 4.60. The molecule has 0 bridgehead atoms. The first kappa shape index (κ1) is 13.5. The number of hydrogen-bond donors (Lipinski definition) is 1. The molecule has 1 atom stereocenters. The van der Waals surface area contributed by atoms with Gasteiger partial charge in [0.15, 0.2) is 0 Å². The fourth-order valence-corrected chi connectivity index (χ4v) is 1.68. The van der Waals surface area contributed by atoms with Crippen LogP contribution < -0.4 is 5.73 Å². The minimum absolute atomic E-state index is 0.246. The van der Waals surface area contributed by atoms with Gasteiger partial charge in [-0.2, -0.15) is 0 Å².